The van der Waals surface area contributed by atoms with Crippen LogP contribution in [0.4, 0.5) is 17.2 Å². The van der Waals surface area contributed by atoms with Gasteiger partial charge in [0, 0.05) is 6.20 Å². The third kappa shape index (κ3) is 2.46. The van der Waals surface area contributed by atoms with Crippen molar-refractivity contribution < 1.29 is 0 Å². The number of halogens is 2. The maximum Gasteiger partial charge on any atom is 0.153 e. The van der Waals surface area contributed by atoms with Gasteiger partial charge >= 0.3 is 0 Å². The Labute approximate surface area is 110 Å². The maximum atomic E-state index is 6.07. The molecule has 1 aromatic carbocycles. The average molecular weight is 268 g/mol. The first-order chi connectivity index (χ1) is 8.09. The molecular formula is C12H11Cl2N3. The predicted molar refractivity (Wildman–Crippen MR) is 73.1 cm³/mol. The molecule has 88 valence electrons. The van der Waals surface area contributed by atoms with Gasteiger partial charge in [-0.15, -0.1) is 0 Å². The number of hydrogen-bond donors (Lipinski definition) is 2. The minimum atomic E-state index is 0.455. The summed E-state index contributed by atoms with van der Waals surface area (Å²) in [6.07, 6.45) is 1.69. The van der Waals surface area contributed by atoms with Gasteiger partial charge in [-0.05, 0) is 30.7 Å². The van der Waals surface area contributed by atoms with E-state index in [1.165, 1.54) is 0 Å². The zero-order chi connectivity index (χ0) is 12.4. The van der Waals surface area contributed by atoms with Gasteiger partial charge < -0.3 is 11.1 Å². The summed E-state index contributed by atoms with van der Waals surface area (Å²) >= 11 is 12.0. The lowest BCUT2D eigenvalue weighted by Gasteiger charge is -2.11. The molecule has 0 bridgehead atoms. The quantitative estimate of drug-likeness (QED) is 0.864. The lowest BCUT2D eigenvalue weighted by molar-refractivity contribution is 1.28. The Kier molecular flexibility index (Phi) is 3.41. The van der Waals surface area contributed by atoms with Crippen molar-refractivity contribution in [2.24, 2.45) is 0 Å². The molecule has 1 aromatic heterocycles. The highest BCUT2D eigenvalue weighted by Crippen LogP contribution is 2.32. The number of nitrogen functional groups attached to an aromatic ring is 1. The molecule has 0 aliphatic heterocycles. The Balaban J connectivity index is 2.38. The second kappa shape index (κ2) is 4.82. The first-order valence-electron chi connectivity index (χ1n) is 5.01. The number of benzene rings is 1. The molecular weight excluding hydrogens is 257 g/mol. The molecule has 3 nitrogen and oxygen atoms in total. The minimum absolute atomic E-state index is 0.455. The Bertz CT molecular complexity index is 506. The van der Waals surface area contributed by atoms with E-state index in [0.29, 0.717) is 27.2 Å². The van der Waals surface area contributed by atoms with Gasteiger partial charge in [0.2, 0.25) is 0 Å². The molecule has 5 heteroatoms. The van der Waals surface area contributed by atoms with Crippen LogP contribution in [0.25, 0.3) is 0 Å². The van der Waals surface area contributed by atoms with Crippen LogP contribution in [0.5, 0.6) is 0 Å². The van der Waals surface area contributed by atoms with E-state index < -0.39 is 0 Å². The number of aryl methyl sites for hydroxylation is 1. The van der Waals surface area contributed by atoms with E-state index >= 15 is 0 Å². The minimum Gasteiger partial charge on any atom is -0.396 e. The molecule has 0 amide bonds. The molecule has 0 atom stereocenters. The molecule has 0 radical (unpaired) electrons. The van der Waals surface area contributed by atoms with Crippen LogP contribution in [-0.4, -0.2) is 4.98 Å². The van der Waals surface area contributed by atoms with Gasteiger partial charge in [0.1, 0.15) is 0 Å². The standard InChI is InChI=1S/C12H11Cl2N3/c1-7-5-6-16-12(11(7)15)17-9-4-2-3-8(13)10(9)14/h2-6H,15H2,1H3,(H,16,17). The third-order valence-corrected chi connectivity index (χ3v) is 3.23. The van der Waals surface area contributed by atoms with Crippen molar-refractivity contribution in [3.8, 4) is 0 Å². The van der Waals surface area contributed by atoms with Crippen LogP contribution in [0.15, 0.2) is 30.5 Å². The first-order valence-corrected chi connectivity index (χ1v) is 5.77. The molecule has 0 aliphatic rings. The van der Waals surface area contributed by atoms with Crippen LogP contribution in [0.3, 0.4) is 0 Å². The first kappa shape index (κ1) is 12.0. The number of rotatable bonds is 2. The van der Waals surface area contributed by atoms with Gasteiger partial charge in [-0.2, -0.15) is 0 Å². The SMILES string of the molecule is Cc1ccnc(Nc2cccc(Cl)c2Cl)c1N. The number of nitrogens with two attached hydrogens (primary N) is 1. The Morgan fingerprint density at radius 2 is 2.00 bits per heavy atom. The fraction of sp³-hybridized carbons (Fsp3) is 0.0833. The number of hydrogen-bond acceptors (Lipinski definition) is 3. The number of aromatic nitrogens is 1. The summed E-state index contributed by atoms with van der Waals surface area (Å²) < 4.78 is 0. The van der Waals surface area contributed by atoms with E-state index in [0.717, 1.165) is 5.56 Å². The van der Waals surface area contributed by atoms with Crippen LogP contribution in [0.2, 0.25) is 10.0 Å². The summed E-state index contributed by atoms with van der Waals surface area (Å²) in [5, 5.41) is 4.01. The van der Waals surface area contributed by atoms with Gasteiger partial charge in [-0.25, -0.2) is 4.98 Å². The van der Waals surface area contributed by atoms with Crippen molar-refractivity contribution in [2.75, 3.05) is 11.1 Å². The van der Waals surface area contributed by atoms with Crippen molar-refractivity contribution in [1.29, 1.82) is 0 Å². The van der Waals surface area contributed by atoms with Crippen molar-refractivity contribution in [3.05, 3.63) is 46.1 Å². The van der Waals surface area contributed by atoms with Gasteiger partial charge in [0.05, 0.1) is 21.4 Å². The molecule has 0 saturated heterocycles. The van der Waals surface area contributed by atoms with Crippen molar-refractivity contribution >= 4 is 40.4 Å². The summed E-state index contributed by atoms with van der Waals surface area (Å²) in [7, 11) is 0. The van der Waals surface area contributed by atoms with Crippen LogP contribution in [-0.2, 0) is 0 Å². The van der Waals surface area contributed by atoms with E-state index in [-0.39, 0.29) is 0 Å². The van der Waals surface area contributed by atoms with Crippen LogP contribution < -0.4 is 11.1 Å². The molecule has 17 heavy (non-hydrogen) atoms. The highest BCUT2D eigenvalue weighted by molar-refractivity contribution is 6.43. The summed E-state index contributed by atoms with van der Waals surface area (Å²) in [5.74, 6) is 0.578. The largest absolute Gasteiger partial charge is 0.396 e. The summed E-state index contributed by atoms with van der Waals surface area (Å²) in [6.45, 7) is 1.92. The van der Waals surface area contributed by atoms with Crippen molar-refractivity contribution in [3.63, 3.8) is 0 Å². The number of nitrogens with one attached hydrogen (secondary N) is 1. The lowest BCUT2D eigenvalue weighted by atomic mass is 10.2. The molecule has 0 unspecified atom stereocenters. The summed E-state index contributed by atoms with van der Waals surface area (Å²) in [4.78, 5) is 4.17. The zero-order valence-corrected chi connectivity index (χ0v) is 10.7. The molecule has 2 aromatic rings. The highest BCUT2D eigenvalue weighted by atomic mass is 35.5. The zero-order valence-electron chi connectivity index (χ0n) is 9.17. The average Bonchev–Trinajstić information content (AvgIpc) is 2.31. The number of anilines is 3. The number of nitrogens with zero attached hydrogens (tertiary/aromatic N) is 1. The van der Waals surface area contributed by atoms with Gasteiger partial charge in [-0.3, -0.25) is 0 Å². The molecule has 0 aliphatic carbocycles. The predicted octanol–water partition coefficient (Wildman–Crippen LogP) is 4.02. The molecule has 2 rings (SSSR count). The molecule has 0 spiro atoms. The van der Waals surface area contributed by atoms with Gasteiger partial charge in [0.25, 0.3) is 0 Å². The maximum absolute atomic E-state index is 6.07. The molecule has 3 N–H and O–H groups in total. The van der Waals surface area contributed by atoms with Crippen LogP contribution in [0.1, 0.15) is 5.56 Å². The second-order valence-electron chi connectivity index (χ2n) is 3.62. The topological polar surface area (TPSA) is 50.9 Å². The van der Waals surface area contributed by atoms with E-state index in [1.807, 2.05) is 25.1 Å². The van der Waals surface area contributed by atoms with Crippen molar-refractivity contribution in [1.82, 2.24) is 4.98 Å². The highest BCUT2D eigenvalue weighted by Gasteiger charge is 2.08. The van der Waals surface area contributed by atoms with Crippen LogP contribution in [0, 0.1) is 6.92 Å². The smallest absolute Gasteiger partial charge is 0.153 e. The third-order valence-electron chi connectivity index (χ3n) is 2.41. The van der Waals surface area contributed by atoms with Crippen LogP contribution >= 0.6 is 23.2 Å². The normalized spacial score (nSPS) is 10.3. The monoisotopic (exact) mass is 267 g/mol. The van der Waals surface area contributed by atoms with Gasteiger partial charge in [0.15, 0.2) is 5.82 Å². The fourth-order valence-corrected chi connectivity index (χ4v) is 1.74. The van der Waals surface area contributed by atoms with Gasteiger partial charge in [-0.1, -0.05) is 29.3 Å². The number of pyridine rings is 1. The second-order valence-corrected chi connectivity index (χ2v) is 4.40. The summed E-state index contributed by atoms with van der Waals surface area (Å²) in [6, 6.07) is 7.20. The van der Waals surface area contributed by atoms with E-state index in [4.69, 9.17) is 28.9 Å². The van der Waals surface area contributed by atoms with E-state index in [1.54, 1.807) is 12.3 Å². The fourth-order valence-electron chi connectivity index (χ4n) is 1.40. The van der Waals surface area contributed by atoms with Crippen molar-refractivity contribution in [2.45, 2.75) is 6.92 Å². The molecule has 0 saturated carbocycles. The Hall–Kier alpha value is -1.45. The van der Waals surface area contributed by atoms with E-state index in [9.17, 15) is 0 Å². The lowest BCUT2D eigenvalue weighted by Crippen LogP contribution is -2.01. The summed E-state index contributed by atoms with van der Waals surface area (Å²) in [5.41, 5.74) is 8.16. The molecule has 1 heterocycles. The molecule has 0 fully saturated rings. The van der Waals surface area contributed by atoms with E-state index in [2.05, 4.69) is 10.3 Å². The Morgan fingerprint density at radius 3 is 2.76 bits per heavy atom. The Morgan fingerprint density at radius 1 is 1.24 bits per heavy atom.